The van der Waals surface area contributed by atoms with Crippen LogP contribution in [0.15, 0.2) is 358 Å². The molecule has 4 nitrogen and oxygen atoms in total. The highest BCUT2D eigenvalue weighted by Gasteiger charge is 2.33. The lowest BCUT2D eigenvalue weighted by Gasteiger charge is -2.41. The van der Waals surface area contributed by atoms with Gasteiger partial charge in [0, 0.05) is 69.2 Å². The highest BCUT2D eigenvalue weighted by Crippen LogP contribution is 2.43. The van der Waals surface area contributed by atoms with Crippen molar-refractivity contribution in [2.45, 2.75) is 165 Å². The standard InChI is InChI=1S/C90H96N4/c1-7-19-67(20-8-1)71-35-51-83(52-36-71)91(79-23-11-3-12-24-79)87-59-43-75(44-60-87)77-47-63-89(64-48-77)93(81-27-15-5-16-28-81)85-55-39-73(40-56-85)69-31-33-70(34-32-69)74-41-57-86(58-42-74)94(82-29-17-6-18-30-82)90-65-49-78(50-66-90)76-45-61-88(62-46-76)92(80-25-13-4-14-26-80)84-53-37-72(38-54-84)68-21-9-2-10-22-68/h1,3-5,7-9,11,13,15-17,19,21-23,25,27,29-31,33,35-37,39,41,43-45,47,49-51,53-55,57,59,61-65,67,72,76-77,81,83,87,90H,2,6,10,12,14,18,20,24,26,28,32,34,38,40,42,46,48,52,56,58,60,66H2. The Bertz CT molecular complexity index is 3970. The topological polar surface area (TPSA) is 13.0 Å². The Balaban J connectivity index is 0.577. The Morgan fingerprint density at radius 3 is 1.14 bits per heavy atom. The zero-order valence-corrected chi connectivity index (χ0v) is 55.4. The van der Waals surface area contributed by atoms with Crippen LogP contribution in [0.2, 0.25) is 0 Å². The first-order valence-corrected chi connectivity index (χ1v) is 36.4. The summed E-state index contributed by atoms with van der Waals surface area (Å²) >= 11 is 0. The molecule has 8 unspecified atom stereocenters. The fraction of sp³-hybridized carbons (Fsp3) is 0.333. The molecular weight excluding hydrogens is 1140 g/mol. The van der Waals surface area contributed by atoms with Gasteiger partial charge in [0.15, 0.2) is 0 Å². The first-order valence-electron chi connectivity index (χ1n) is 36.4. The average Bonchev–Trinajstić information content (AvgIpc) is 0.942. The minimum Gasteiger partial charge on any atom is -0.361 e. The molecule has 0 radical (unpaired) electrons. The highest BCUT2D eigenvalue weighted by atomic mass is 15.2. The van der Waals surface area contributed by atoms with Crippen molar-refractivity contribution in [3.8, 4) is 0 Å². The predicted octanol–water partition coefficient (Wildman–Crippen LogP) is 22.2. The second kappa shape index (κ2) is 29.4. The number of hydrogen-bond donors (Lipinski definition) is 0. The van der Waals surface area contributed by atoms with Gasteiger partial charge in [-0.1, -0.05) is 219 Å². The van der Waals surface area contributed by atoms with Crippen LogP contribution < -0.4 is 0 Å². The third-order valence-electron chi connectivity index (χ3n) is 22.1. The fourth-order valence-electron chi connectivity index (χ4n) is 16.9. The maximum Gasteiger partial charge on any atom is 0.0556 e. The molecule has 0 aliphatic heterocycles. The molecule has 0 amide bonds. The maximum atomic E-state index is 2.74. The SMILES string of the molecule is C1=CCCC(N(C2=CCC(C3=CCCC=C3)C=C2)C2=CCC(C3=CCC(N(C4=CCCC=C4)C4=CC=C(C5=CC=C(C6=CC=C(N(C7=CCC(C8=CCC(N(C9=CC=CCC9)C9C=CC(C%10C=CC=CC%10)=CC9)C=C8)C=C7)C7C=CC=CC7)CC6)CC5)CC4)C=C3)C=C2)=C1. The van der Waals surface area contributed by atoms with Gasteiger partial charge in [0.25, 0.3) is 0 Å². The molecule has 0 N–H and O–H groups in total. The van der Waals surface area contributed by atoms with E-state index < -0.39 is 0 Å². The van der Waals surface area contributed by atoms with E-state index in [1.807, 2.05) is 0 Å². The van der Waals surface area contributed by atoms with Crippen molar-refractivity contribution < 1.29 is 0 Å². The lowest BCUT2D eigenvalue weighted by atomic mass is 9.83. The Kier molecular flexibility index (Phi) is 19.2. The second-order valence-corrected chi connectivity index (χ2v) is 28.0. The predicted molar refractivity (Wildman–Crippen MR) is 395 cm³/mol. The van der Waals surface area contributed by atoms with Crippen LogP contribution in [-0.2, 0) is 0 Å². The molecular formula is C90H96N4. The molecule has 0 heterocycles. The van der Waals surface area contributed by atoms with Gasteiger partial charge in [-0.3, -0.25) is 0 Å². The number of rotatable bonds is 18. The van der Waals surface area contributed by atoms with Crippen LogP contribution in [0, 0.1) is 23.7 Å². The molecule has 0 spiro atoms. The van der Waals surface area contributed by atoms with E-state index in [4.69, 9.17) is 0 Å². The van der Waals surface area contributed by atoms with E-state index in [-0.39, 0.29) is 0 Å². The Morgan fingerprint density at radius 1 is 0.245 bits per heavy atom. The first-order chi connectivity index (χ1) is 46.6. The summed E-state index contributed by atoms with van der Waals surface area (Å²) in [6.07, 6.45) is 130. The van der Waals surface area contributed by atoms with Crippen LogP contribution in [0.1, 0.15) is 141 Å². The molecule has 15 rings (SSSR count). The lowest BCUT2D eigenvalue weighted by Crippen LogP contribution is -2.42. The van der Waals surface area contributed by atoms with Crippen molar-refractivity contribution in [1.82, 2.24) is 19.6 Å². The quantitative estimate of drug-likeness (QED) is 0.136. The van der Waals surface area contributed by atoms with E-state index in [9.17, 15) is 0 Å². The van der Waals surface area contributed by atoms with Crippen LogP contribution in [0.5, 0.6) is 0 Å². The van der Waals surface area contributed by atoms with Crippen molar-refractivity contribution in [2.75, 3.05) is 0 Å². The summed E-state index contributed by atoms with van der Waals surface area (Å²) < 4.78 is 0. The Hall–Kier alpha value is -8.60. The van der Waals surface area contributed by atoms with Gasteiger partial charge in [0.1, 0.15) is 0 Å². The van der Waals surface area contributed by atoms with Crippen LogP contribution >= 0.6 is 0 Å². The number of allylic oxidation sites excluding steroid dienone is 48. The molecule has 0 fully saturated rings. The first kappa shape index (κ1) is 61.6. The molecule has 0 saturated heterocycles. The summed E-state index contributed by atoms with van der Waals surface area (Å²) in [4.78, 5) is 10.6. The molecule has 94 heavy (non-hydrogen) atoms. The monoisotopic (exact) mass is 1230 g/mol. The van der Waals surface area contributed by atoms with E-state index in [1.165, 1.54) is 96.6 Å². The van der Waals surface area contributed by atoms with Gasteiger partial charge in [-0.2, -0.15) is 0 Å². The van der Waals surface area contributed by atoms with Crippen LogP contribution in [-0.4, -0.2) is 43.8 Å². The number of nitrogens with zero attached hydrogens (tertiary/aromatic N) is 4. The molecule has 0 bridgehead atoms. The normalized spacial score (nSPS) is 29.2. The average molecular weight is 1230 g/mol. The van der Waals surface area contributed by atoms with Gasteiger partial charge in [0.05, 0.1) is 24.2 Å². The lowest BCUT2D eigenvalue weighted by molar-refractivity contribution is 0.235. The molecule has 8 atom stereocenters. The minimum atomic E-state index is 0.298. The molecule has 476 valence electrons. The van der Waals surface area contributed by atoms with E-state index in [0.29, 0.717) is 47.8 Å². The summed E-state index contributed by atoms with van der Waals surface area (Å²) in [5.41, 5.74) is 23.0. The molecule has 0 aromatic rings. The number of hydrogen-bond acceptors (Lipinski definition) is 4. The van der Waals surface area contributed by atoms with Gasteiger partial charge >= 0.3 is 0 Å². The largest absolute Gasteiger partial charge is 0.361 e. The molecule has 0 aromatic carbocycles. The molecule has 15 aliphatic carbocycles. The van der Waals surface area contributed by atoms with Gasteiger partial charge in [-0.05, 0) is 234 Å². The summed E-state index contributed by atoms with van der Waals surface area (Å²) in [6, 6.07) is 1.35. The zero-order chi connectivity index (χ0) is 62.8. The molecule has 0 saturated carbocycles. The van der Waals surface area contributed by atoms with Crippen LogP contribution in [0.25, 0.3) is 0 Å². The maximum absolute atomic E-state index is 2.74. The Morgan fingerprint density at radius 2 is 0.713 bits per heavy atom. The smallest absolute Gasteiger partial charge is 0.0556 e. The minimum absolute atomic E-state index is 0.298. The summed E-state index contributed by atoms with van der Waals surface area (Å²) in [6.45, 7) is 0. The Labute approximate surface area is 562 Å². The van der Waals surface area contributed by atoms with E-state index in [2.05, 4.69) is 287 Å². The van der Waals surface area contributed by atoms with Crippen LogP contribution in [0.3, 0.4) is 0 Å². The van der Waals surface area contributed by atoms with Gasteiger partial charge < -0.3 is 19.6 Å². The van der Waals surface area contributed by atoms with Crippen molar-refractivity contribution in [1.29, 1.82) is 0 Å². The summed E-state index contributed by atoms with van der Waals surface area (Å²) in [5.74, 6) is 1.76. The van der Waals surface area contributed by atoms with E-state index in [0.717, 1.165) is 135 Å². The zero-order valence-electron chi connectivity index (χ0n) is 55.4. The van der Waals surface area contributed by atoms with Crippen molar-refractivity contribution >= 4 is 0 Å². The second-order valence-electron chi connectivity index (χ2n) is 28.0. The summed E-state index contributed by atoms with van der Waals surface area (Å²) in [5, 5.41) is 0. The summed E-state index contributed by atoms with van der Waals surface area (Å²) in [7, 11) is 0. The third-order valence-corrected chi connectivity index (χ3v) is 22.1. The fourth-order valence-corrected chi connectivity index (χ4v) is 16.9. The molecule has 4 heteroatoms. The van der Waals surface area contributed by atoms with Crippen LogP contribution in [0.4, 0.5) is 0 Å². The third kappa shape index (κ3) is 14.0. The highest BCUT2D eigenvalue weighted by molar-refractivity contribution is 5.51. The van der Waals surface area contributed by atoms with Gasteiger partial charge in [0.2, 0.25) is 0 Å². The van der Waals surface area contributed by atoms with E-state index in [1.54, 1.807) is 0 Å². The van der Waals surface area contributed by atoms with Gasteiger partial charge in [-0.25, -0.2) is 0 Å². The molecule has 15 aliphatic rings. The van der Waals surface area contributed by atoms with Crippen molar-refractivity contribution in [3.63, 3.8) is 0 Å². The molecule has 0 aromatic heterocycles. The van der Waals surface area contributed by atoms with Gasteiger partial charge in [-0.15, -0.1) is 0 Å². The van der Waals surface area contributed by atoms with E-state index >= 15 is 0 Å². The van der Waals surface area contributed by atoms with Crippen molar-refractivity contribution in [2.24, 2.45) is 23.7 Å². The van der Waals surface area contributed by atoms with Crippen molar-refractivity contribution in [3.05, 3.63) is 358 Å².